The van der Waals surface area contributed by atoms with Gasteiger partial charge in [-0.25, -0.2) is 18.4 Å². The molecule has 0 radical (unpaired) electrons. The zero-order chi connectivity index (χ0) is 23.0. The van der Waals surface area contributed by atoms with Gasteiger partial charge in [0.25, 0.3) is 0 Å². The topological polar surface area (TPSA) is 65.7 Å². The summed E-state index contributed by atoms with van der Waals surface area (Å²) in [4.78, 5) is 23.3. The monoisotopic (exact) mass is 458 g/mol. The van der Waals surface area contributed by atoms with E-state index in [0.29, 0.717) is 16.9 Å². The van der Waals surface area contributed by atoms with Crippen molar-refractivity contribution in [2.75, 3.05) is 13.2 Å². The van der Waals surface area contributed by atoms with Gasteiger partial charge in [-0.2, -0.15) is 0 Å². The summed E-state index contributed by atoms with van der Waals surface area (Å²) >= 11 is 0. The van der Waals surface area contributed by atoms with E-state index in [2.05, 4.69) is 6.58 Å². The number of carbonyl (C=O) groups excluding carboxylic acids is 1. The van der Waals surface area contributed by atoms with Crippen molar-refractivity contribution in [3.05, 3.63) is 77.7 Å². The van der Waals surface area contributed by atoms with Crippen LogP contribution in [0.1, 0.15) is 33.1 Å². The van der Waals surface area contributed by atoms with Crippen LogP contribution in [-0.2, 0) is 9.53 Å². The molecule has 0 bridgehead atoms. The zero-order valence-electron chi connectivity index (χ0n) is 17.5. The van der Waals surface area contributed by atoms with Crippen LogP contribution in [-0.4, -0.2) is 25.1 Å². The Hall–Kier alpha value is -3.48. The number of rotatable bonds is 11. The minimum atomic E-state index is -2.87. The highest BCUT2D eigenvalue weighted by Crippen LogP contribution is 2.27. The lowest BCUT2D eigenvalue weighted by atomic mass is 10.1. The first-order chi connectivity index (χ1) is 15.4. The quantitative estimate of drug-likeness (QED) is 0.144. The van der Waals surface area contributed by atoms with Gasteiger partial charge in [-0.05, 0) is 36.6 Å². The van der Waals surface area contributed by atoms with Crippen LogP contribution in [0.15, 0.2) is 76.5 Å². The Morgan fingerprint density at radius 2 is 1.73 bits per heavy atom. The zero-order valence-corrected chi connectivity index (χ0v) is 17.5. The number of esters is 1. The van der Waals surface area contributed by atoms with Crippen LogP contribution in [0.4, 0.5) is 8.78 Å². The van der Waals surface area contributed by atoms with E-state index in [-0.39, 0.29) is 46.3 Å². The standard InChI is InChI=1S/C25H24F2O5.CH4/c1-2-23(28)31-15-7-13-25(26,27)12-6-14-30-20-11-10-19-16-21(18-8-4-3-5-9-18)24(29)32-22(19)17-20;/h2-5,8-11,16-17H,1,6-7,12-15H2;1H4. The molecule has 0 N–H and O–H groups in total. The fourth-order valence-electron chi connectivity index (χ4n) is 3.21. The maximum Gasteiger partial charge on any atom is 0.344 e. The summed E-state index contributed by atoms with van der Waals surface area (Å²) < 4.78 is 43.5. The van der Waals surface area contributed by atoms with Crippen molar-refractivity contribution in [1.82, 2.24) is 0 Å². The van der Waals surface area contributed by atoms with E-state index in [1.165, 1.54) is 0 Å². The van der Waals surface area contributed by atoms with Crippen molar-refractivity contribution < 1.29 is 27.5 Å². The number of hydrogen-bond acceptors (Lipinski definition) is 5. The molecule has 3 aromatic rings. The third kappa shape index (κ3) is 7.56. The molecule has 7 heteroatoms. The Bertz CT molecular complexity index is 1120. The van der Waals surface area contributed by atoms with Crippen LogP contribution in [0.5, 0.6) is 5.75 Å². The maximum atomic E-state index is 13.9. The molecule has 1 heterocycles. The van der Waals surface area contributed by atoms with Crippen LogP contribution in [0, 0.1) is 0 Å². The van der Waals surface area contributed by atoms with Gasteiger partial charge in [-0.15, -0.1) is 0 Å². The van der Waals surface area contributed by atoms with Gasteiger partial charge in [0.2, 0.25) is 5.92 Å². The summed E-state index contributed by atoms with van der Waals surface area (Å²) in [6.07, 6.45) is 0.500. The second-order valence-electron chi connectivity index (χ2n) is 7.30. The third-order valence-corrected chi connectivity index (χ3v) is 4.85. The predicted molar refractivity (Wildman–Crippen MR) is 125 cm³/mol. The summed E-state index contributed by atoms with van der Waals surface area (Å²) in [7, 11) is 0. The van der Waals surface area contributed by atoms with Gasteiger partial charge in [0.1, 0.15) is 11.3 Å². The number of benzene rings is 2. The smallest absolute Gasteiger partial charge is 0.344 e. The van der Waals surface area contributed by atoms with Crippen molar-refractivity contribution in [3.63, 3.8) is 0 Å². The van der Waals surface area contributed by atoms with Gasteiger partial charge < -0.3 is 13.9 Å². The van der Waals surface area contributed by atoms with Gasteiger partial charge in [0.15, 0.2) is 0 Å². The fraction of sp³-hybridized carbons (Fsp3) is 0.308. The average molecular weight is 459 g/mol. The lowest BCUT2D eigenvalue weighted by Gasteiger charge is -2.16. The van der Waals surface area contributed by atoms with Crippen LogP contribution in [0.2, 0.25) is 0 Å². The number of alkyl halides is 2. The molecule has 3 rings (SSSR count). The van der Waals surface area contributed by atoms with Crippen LogP contribution in [0.3, 0.4) is 0 Å². The van der Waals surface area contributed by atoms with E-state index in [1.807, 2.05) is 30.3 Å². The summed E-state index contributed by atoms with van der Waals surface area (Å²) in [6, 6.07) is 16.0. The minimum absolute atomic E-state index is 0. The summed E-state index contributed by atoms with van der Waals surface area (Å²) in [6.45, 7) is 3.27. The van der Waals surface area contributed by atoms with Crippen LogP contribution >= 0.6 is 0 Å². The molecule has 0 unspecified atom stereocenters. The number of hydrogen-bond donors (Lipinski definition) is 0. The molecule has 0 aliphatic heterocycles. The van der Waals surface area contributed by atoms with Gasteiger partial charge in [0, 0.05) is 30.4 Å². The number of halogens is 2. The molecule has 0 aliphatic rings. The Morgan fingerprint density at radius 1 is 1.03 bits per heavy atom. The van der Waals surface area contributed by atoms with Crippen molar-refractivity contribution in [3.8, 4) is 16.9 Å². The first-order valence-corrected chi connectivity index (χ1v) is 10.3. The van der Waals surface area contributed by atoms with E-state index in [9.17, 15) is 18.4 Å². The van der Waals surface area contributed by atoms with Gasteiger partial charge in [-0.3, -0.25) is 0 Å². The predicted octanol–water partition coefficient (Wildman–Crippen LogP) is 6.40. The van der Waals surface area contributed by atoms with Crippen molar-refractivity contribution in [2.24, 2.45) is 0 Å². The average Bonchev–Trinajstić information content (AvgIpc) is 2.79. The van der Waals surface area contributed by atoms with Crippen molar-refractivity contribution in [2.45, 2.75) is 39.0 Å². The maximum absolute atomic E-state index is 13.9. The number of ether oxygens (including phenoxy) is 2. The Labute approximate surface area is 191 Å². The molecular weight excluding hydrogens is 430 g/mol. The molecule has 0 saturated heterocycles. The van der Waals surface area contributed by atoms with E-state index in [4.69, 9.17) is 13.9 Å². The molecule has 0 amide bonds. The lowest BCUT2D eigenvalue weighted by Crippen LogP contribution is -2.18. The Morgan fingerprint density at radius 3 is 2.42 bits per heavy atom. The highest BCUT2D eigenvalue weighted by atomic mass is 19.3. The molecule has 0 aliphatic carbocycles. The second-order valence-corrected chi connectivity index (χ2v) is 7.30. The molecule has 33 heavy (non-hydrogen) atoms. The molecule has 1 aromatic heterocycles. The molecule has 0 fully saturated rings. The molecule has 5 nitrogen and oxygen atoms in total. The Balaban J connectivity index is 0.00000385. The van der Waals surface area contributed by atoms with E-state index in [0.717, 1.165) is 17.0 Å². The van der Waals surface area contributed by atoms with Gasteiger partial charge in [-0.1, -0.05) is 44.3 Å². The van der Waals surface area contributed by atoms with E-state index >= 15 is 0 Å². The third-order valence-electron chi connectivity index (χ3n) is 4.85. The first-order valence-electron chi connectivity index (χ1n) is 10.3. The highest BCUT2D eigenvalue weighted by molar-refractivity contribution is 5.82. The van der Waals surface area contributed by atoms with Crippen molar-refractivity contribution in [1.29, 1.82) is 0 Å². The molecular formula is C26H28F2O5. The molecule has 0 saturated carbocycles. The largest absolute Gasteiger partial charge is 0.493 e. The SMILES string of the molecule is C.C=CC(=O)OCCCC(F)(F)CCCOc1ccc2cc(-c3ccccc3)c(=O)oc2c1. The molecule has 176 valence electrons. The molecule has 0 spiro atoms. The molecule has 2 aromatic carbocycles. The summed E-state index contributed by atoms with van der Waals surface area (Å²) in [5.74, 6) is -3.05. The first kappa shape index (κ1) is 25.8. The molecule has 0 atom stereocenters. The van der Waals surface area contributed by atoms with Crippen molar-refractivity contribution >= 4 is 16.9 Å². The second kappa shape index (κ2) is 11.9. The van der Waals surface area contributed by atoms with Gasteiger partial charge >= 0.3 is 11.6 Å². The van der Waals surface area contributed by atoms with E-state index in [1.54, 1.807) is 24.3 Å². The minimum Gasteiger partial charge on any atom is -0.493 e. The normalized spacial score (nSPS) is 11.0. The summed E-state index contributed by atoms with van der Waals surface area (Å²) in [5.41, 5.74) is 1.14. The van der Waals surface area contributed by atoms with Crippen LogP contribution in [0.25, 0.3) is 22.1 Å². The van der Waals surface area contributed by atoms with Crippen LogP contribution < -0.4 is 10.4 Å². The highest BCUT2D eigenvalue weighted by Gasteiger charge is 2.27. The Kier molecular flexibility index (Phi) is 9.33. The van der Waals surface area contributed by atoms with E-state index < -0.39 is 17.5 Å². The van der Waals surface area contributed by atoms with Gasteiger partial charge in [0.05, 0.1) is 18.8 Å². The fourth-order valence-corrected chi connectivity index (χ4v) is 3.21. The number of fused-ring (bicyclic) bond motifs is 1. The lowest BCUT2D eigenvalue weighted by molar-refractivity contribution is -0.138. The summed E-state index contributed by atoms with van der Waals surface area (Å²) in [5, 5.41) is 0.736. The number of carbonyl (C=O) groups is 1.